The maximum Gasteiger partial charge on any atom is 0.141 e. The first kappa shape index (κ1) is 16.7. The van der Waals surface area contributed by atoms with Gasteiger partial charge in [0, 0.05) is 31.2 Å². The van der Waals surface area contributed by atoms with Gasteiger partial charge in [0.2, 0.25) is 0 Å². The molecule has 0 N–H and O–H groups in total. The molecule has 138 valence electrons. The standard InChI is InChI=1S/C23H23FN2O/c24-19-7-5-18(6-8-19)23(12-9-17-10-15-27-16-11-17)21-4-2-1-3-20(21)22-25-13-14-26(22)23/h1-8,13-14,17H,9-12,15-16H2. The van der Waals surface area contributed by atoms with Gasteiger partial charge in [-0.15, -0.1) is 0 Å². The fraction of sp³-hybridized carbons (Fsp3) is 0.348. The van der Waals surface area contributed by atoms with E-state index in [1.165, 1.54) is 11.1 Å². The first-order valence-electron chi connectivity index (χ1n) is 9.76. The second-order valence-electron chi connectivity index (χ2n) is 7.63. The molecule has 0 aliphatic carbocycles. The lowest BCUT2D eigenvalue weighted by molar-refractivity contribution is 0.0613. The Morgan fingerprint density at radius 3 is 2.67 bits per heavy atom. The summed E-state index contributed by atoms with van der Waals surface area (Å²) in [5, 5.41) is 0. The van der Waals surface area contributed by atoms with Gasteiger partial charge in [0.1, 0.15) is 11.6 Å². The molecular formula is C23H23FN2O. The fourth-order valence-corrected chi connectivity index (χ4v) is 4.85. The van der Waals surface area contributed by atoms with Crippen LogP contribution in [0.15, 0.2) is 60.9 Å². The molecule has 4 heteroatoms. The Hall–Kier alpha value is -2.46. The number of hydrogen-bond acceptors (Lipinski definition) is 2. The van der Waals surface area contributed by atoms with Crippen molar-refractivity contribution in [2.24, 2.45) is 5.92 Å². The minimum absolute atomic E-state index is 0.199. The van der Waals surface area contributed by atoms with E-state index in [-0.39, 0.29) is 11.4 Å². The van der Waals surface area contributed by atoms with E-state index in [0.29, 0.717) is 5.92 Å². The van der Waals surface area contributed by atoms with E-state index in [9.17, 15) is 4.39 Å². The largest absolute Gasteiger partial charge is 0.381 e. The van der Waals surface area contributed by atoms with Crippen LogP contribution in [0.25, 0.3) is 11.4 Å². The first-order chi connectivity index (χ1) is 13.3. The van der Waals surface area contributed by atoms with Gasteiger partial charge in [0.15, 0.2) is 0 Å². The zero-order valence-electron chi connectivity index (χ0n) is 15.3. The zero-order chi connectivity index (χ0) is 18.3. The zero-order valence-corrected chi connectivity index (χ0v) is 15.3. The maximum absolute atomic E-state index is 13.7. The highest BCUT2D eigenvalue weighted by Gasteiger charge is 2.44. The van der Waals surface area contributed by atoms with E-state index in [1.54, 1.807) is 12.1 Å². The average Bonchev–Trinajstić information content (AvgIpc) is 3.29. The highest BCUT2D eigenvalue weighted by Crippen LogP contribution is 2.50. The minimum atomic E-state index is -0.325. The Morgan fingerprint density at radius 2 is 1.85 bits per heavy atom. The summed E-state index contributed by atoms with van der Waals surface area (Å²) in [5.74, 6) is 1.48. The first-order valence-corrected chi connectivity index (χ1v) is 9.76. The Morgan fingerprint density at radius 1 is 1.07 bits per heavy atom. The summed E-state index contributed by atoms with van der Waals surface area (Å²) >= 11 is 0. The lowest BCUT2D eigenvalue weighted by atomic mass is 9.77. The van der Waals surface area contributed by atoms with Gasteiger partial charge in [0.25, 0.3) is 0 Å². The molecule has 5 rings (SSSR count). The van der Waals surface area contributed by atoms with Crippen molar-refractivity contribution in [2.45, 2.75) is 31.2 Å². The molecule has 1 aromatic heterocycles. The summed E-state index contributed by atoms with van der Waals surface area (Å²) in [7, 11) is 0. The van der Waals surface area contributed by atoms with Gasteiger partial charge in [-0.3, -0.25) is 0 Å². The van der Waals surface area contributed by atoms with Crippen molar-refractivity contribution in [3.05, 3.63) is 77.9 Å². The quantitative estimate of drug-likeness (QED) is 0.653. The third kappa shape index (κ3) is 2.62. The molecule has 0 radical (unpaired) electrons. The highest BCUT2D eigenvalue weighted by molar-refractivity contribution is 5.70. The van der Waals surface area contributed by atoms with Crippen LogP contribution in [0.2, 0.25) is 0 Å². The summed E-state index contributed by atoms with van der Waals surface area (Å²) < 4.78 is 21.5. The Bertz CT molecular complexity index is 943. The maximum atomic E-state index is 13.7. The molecule has 2 aliphatic heterocycles. The molecule has 3 heterocycles. The molecule has 27 heavy (non-hydrogen) atoms. The Kier molecular flexibility index (Phi) is 4.09. The Balaban J connectivity index is 1.64. The molecule has 0 bridgehead atoms. The van der Waals surface area contributed by atoms with E-state index in [2.05, 4.69) is 40.0 Å². The number of imidazole rings is 1. The second-order valence-corrected chi connectivity index (χ2v) is 7.63. The molecule has 0 spiro atoms. The number of ether oxygens (including phenoxy) is 1. The van der Waals surface area contributed by atoms with Crippen LogP contribution in [-0.4, -0.2) is 22.8 Å². The molecule has 0 saturated carbocycles. The van der Waals surface area contributed by atoms with Gasteiger partial charge in [-0.05, 0) is 54.9 Å². The summed E-state index contributed by atoms with van der Waals surface area (Å²) in [6, 6.07) is 15.5. The summed E-state index contributed by atoms with van der Waals surface area (Å²) in [6.07, 6.45) is 8.28. The van der Waals surface area contributed by atoms with Crippen molar-refractivity contribution in [1.29, 1.82) is 0 Å². The predicted molar refractivity (Wildman–Crippen MR) is 103 cm³/mol. The monoisotopic (exact) mass is 362 g/mol. The molecule has 0 amide bonds. The van der Waals surface area contributed by atoms with E-state index < -0.39 is 0 Å². The normalized spacial score (nSPS) is 21.8. The van der Waals surface area contributed by atoms with Crippen LogP contribution in [0.1, 0.15) is 36.8 Å². The molecule has 1 fully saturated rings. The summed E-state index contributed by atoms with van der Waals surface area (Å²) in [5.41, 5.74) is 3.25. The summed E-state index contributed by atoms with van der Waals surface area (Å²) in [6.45, 7) is 1.72. The number of fused-ring (bicyclic) bond motifs is 3. The van der Waals surface area contributed by atoms with E-state index in [4.69, 9.17) is 4.74 Å². The number of benzene rings is 2. The molecule has 1 unspecified atom stereocenters. The van der Waals surface area contributed by atoms with Gasteiger partial charge in [-0.1, -0.05) is 36.4 Å². The molecule has 2 aliphatic rings. The molecule has 1 saturated heterocycles. The number of hydrogen-bond donors (Lipinski definition) is 0. The van der Waals surface area contributed by atoms with Crippen LogP contribution in [-0.2, 0) is 10.3 Å². The van der Waals surface area contributed by atoms with Crippen LogP contribution in [0.3, 0.4) is 0 Å². The number of aromatic nitrogens is 2. The Labute approximate surface area is 158 Å². The van der Waals surface area contributed by atoms with Crippen molar-refractivity contribution < 1.29 is 9.13 Å². The van der Waals surface area contributed by atoms with E-state index in [0.717, 1.165) is 50.3 Å². The van der Waals surface area contributed by atoms with Gasteiger partial charge >= 0.3 is 0 Å². The van der Waals surface area contributed by atoms with Crippen LogP contribution < -0.4 is 0 Å². The molecule has 2 aromatic carbocycles. The smallest absolute Gasteiger partial charge is 0.141 e. The van der Waals surface area contributed by atoms with Crippen molar-refractivity contribution in [1.82, 2.24) is 9.55 Å². The van der Waals surface area contributed by atoms with Crippen LogP contribution in [0, 0.1) is 11.7 Å². The average molecular weight is 362 g/mol. The molecule has 3 nitrogen and oxygen atoms in total. The summed E-state index contributed by atoms with van der Waals surface area (Å²) in [4.78, 5) is 4.64. The van der Waals surface area contributed by atoms with Crippen LogP contribution in [0.5, 0.6) is 0 Å². The van der Waals surface area contributed by atoms with E-state index in [1.807, 2.05) is 18.3 Å². The van der Waals surface area contributed by atoms with E-state index >= 15 is 0 Å². The lowest BCUT2D eigenvalue weighted by Crippen LogP contribution is -2.34. The topological polar surface area (TPSA) is 27.1 Å². The molecular weight excluding hydrogens is 339 g/mol. The molecule has 3 aromatic rings. The lowest BCUT2D eigenvalue weighted by Gasteiger charge is -2.35. The van der Waals surface area contributed by atoms with Gasteiger partial charge in [0.05, 0.1) is 5.54 Å². The number of nitrogens with zero attached hydrogens (tertiary/aromatic N) is 2. The van der Waals surface area contributed by atoms with Crippen LogP contribution >= 0.6 is 0 Å². The SMILES string of the molecule is Fc1ccc(C2(CCC3CCOCC3)c3ccccc3-c3nccn32)cc1. The third-order valence-electron chi connectivity index (χ3n) is 6.24. The number of rotatable bonds is 4. The van der Waals surface area contributed by atoms with Gasteiger partial charge < -0.3 is 9.30 Å². The highest BCUT2D eigenvalue weighted by atomic mass is 19.1. The van der Waals surface area contributed by atoms with Crippen molar-refractivity contribution in [3.8, 4) is 11.4 Å². The number of halogens is 1. The van der Waals surface area contributed by atoms with Crippen molar-refractivity contribution >= 4 is 0 Å². The van der Waals surface area contributed by atoms with Gasteiger partial charge in [-0.25, -0.2) is 9.37 Å². The predicted octanol–water partition coefficient (Wildman–Crippen LogP) is 5.00. The minimum Gasteiger partial charge on any atom is -0.381 e. The fourth-order valence-electron chi connectivity index (χ4n) is 4.85. The van der Waals surface area contributed by atoms with Crippen LogP contribution in [0.4, 0.5) is 4.39 Å². The van der Waals surface area contributed by atoms with Gasteiger partial charge in [-0.2, -0.15) is 0 Å². The van der Waals surface area contributed by atoms with Crippen molar-refractivity contribution in [3.63, 3.8) is 0 Å². The molecule has 1 atom stereocenters. The van der Waals surface area contributed by atoms with Crippen molar-refractivity contribution in [2.75, 3.05) is 13.2 Å². The third-order valence-corrected chi connectivity index (χ3v) is 6.24. The second kappa shape index (κ2) is 6.61.